The van der Waals surface area contributed by atoms with Crippen LogP contribution in [0.3, 0.4) is 0 Å². The van der Waals surface area contributed by atoms with Gasteiger partial charge in [-0.05, 0) is 38.5 Å². The van der Waals surface area contributed by atoms with E-state index in [2.05, 4.69) is 32.8 Å². The summed E-state index contributed by atoms with van der Waals surface area (Å²) >= 11 is 6.34. The highest BCUT2D eigenvalue weighted by atomic mass is 35.5. The van der Waals surface area contributed by atoms with Crippen molar-refractivity contribution in [3.63, 3.8) is 0 Å². The Labute approximate surface area is 115 Å². The third kappa shape index (κ3) is 2.57. The highest BCUT2D eigenvalue weighted by Gasteiger charge is 2.36. The van der Waals surface area contributed by atoms with Gasteiger partial charge in [0, 0.05) is 18.0 Å². The minimum Gasteiger partial charge on any atom is -0.327 e. The van der Waals surface area contributed by atoms with Crippen molar-refractivity contribution < 1.29 is 0 Å². The van der Waals surface area contributed by atoms with Crippen molar-refractivity contribution in [3.8, 4) is 0 Å². The van der Waals surface area contributed by atoms with E-state index >= 15 is 0 Å². The van der Waals surface area contributed by atoms with Crippen molar-refractivity contribution in [1.82, 2.24) is 9.78 Å². The maximum atomic E-state index is 6.34. The number of nitrogens with two attached hydrogens (primary N) is 1. The molecule has 4 heteroatoms. The molecule has 0 saturated heterocycles. The highest BCUT2D eigenvalue weighted by molar-refractivity contribution is 6.31. The van der Waals surface area contributed by atoms with E-state index in [0.29, 0.717) is 17.4 Å². The molecule has 1 fully saturated rings. The lowest BCUT2D eigenvalue weighted by Gasteiger charge is -2.39. The molecule has 0 amide bonds. The van der Waals surface area contributed by atoms with E-state index in [-0.39, 0.29) is 6.04 Å². The molecule has 2 rings (SSSR count). The van der Waals surface area contributed by atoms with Crippen LogP contribution >= 0.6 is 11.6 Å². The minimum absolute atomic E-state index is 0.199. The molecule has 1 aromatic heterocycles. The van der Waals surface area contributed by atoms with Gasteiger partial charge in [-0.1, -0.05) is 25.4 Å². The van der Waals surface area contributed by atoms with Gasteiger partial charge in [-0.3, -0.25) is 4.68 Å². The Morgan fingerprint density at radius 2 is 2.17 bits per heavy atom. The van der Waals surface area contributed by atoms with Crippen LogP contribution in [0.1, 0.15) is 64.6 Å². The molecule has 3 nitrogen and oxygen atoms in total. The quantitative estimate of drug-likeness (QED) is 0.889. The van der Waals surface area contributed by atoms with E-state index in [1.54, 1.807) is 6.20 Å². The summed E-state index contributed by atoms with van der Waals surface area (Å²) in [6, 6.07) is 0.523. The Balaban J connectivity index is 2.37. The van der Waals surface area contributed by atoms with Gasteiger partial charge in [0.25, 0.3) is 0 Å². The molecule has 0 spiro atoms. The smallest absolute Gasteiger partial charge is 0.0821 e. The molecule has 0 radical (unpaired) electrons. The Kier molecular flexibility index (Phi) is 3.75. The van der Waals surface area contributed by atoms with Crippen molar-refractivity contribution in [1.29, 1.82) is 0 Å². The average Bonchev–Trinajstić information content (AvgIpc) is 2.64. The highest BCUT2D eigenvalue weighted by Crippen LogP contribution is 2.44. The zero-order valence-corrected chi connectivity index (χ0v) is 12.5. The summed E-state index contributed by atoms with van der Waals surface area (Å²) in [7, 11) is 0. The fourth-order valence-electron chi connectivity index (χ4n) is 3.02. The zero-order chi connectivity index (χ0) is 13.5. The van der Waals surface area contributed by atoms with Crippen LogP contribution in [0.15, 0.2) is 6.20 Å². The molecule has 18 heavy (non-hydrogen) atoms. The summed E-state index contributed by atoms with van der Waals surface area (Å²) < 4.78 is 2.04. The van der Waals surface area contributed by atoms with Gasteiger partial charge >= 0.3 is 0 Å². The van der Waals surface area contributed by atoms with E-state index in [4.69, 9.17) is 17.3 Å². The monoisotopic (exact) mass is 269 g/mol. The minimum atomic E-state index is 0.199. The normalized spacial score (nSPS) is 27.7. The second-order valence-corrected chi connectivity index (χ2v) is 7.00. The average molecular weight is 270 g/mol. The number of hydrogen-bond donors (Lipinski definition) is 1. The summed E-state index contributed by atoms with van der Waals surface area (Å²) in [5.41, 5.74) is 7.80. The molecular weight excluding hydrogens is 246 g/mol. The van der Waals surface area contributed by atoms with E-state index in [9.17, 15) is 0 Å². The summed E-state index contributed by atoms with van der Waals surface area (Å²) in [6.07, 6.45) is 5.10. The third-order valence-electron chi connectivity index (χ3n) is 4.07. The number of aromatic nitrogens is 2. The van der Waals surface area contributed by atoms with Crippen molar-refractivity contribution in [2.75, 3.05) is 0 Å². The van der Waals surface area contributed by atoms with Crippen LogP contribution in [-0.2, 0) is 0 Å². The maximum absolute atomic E-state index is 6.34. The third-order valence-corrected chi connectivity index (χ3v) is 4.36. The SMILES string of the molecule is CC(C)n1ncc(Cl)c1C1CC(C)(C)CCC1N. The van der Waals surface area contributed by atoms with Gasteiger partial charge in [0.2, 0.25) is 0 Å². The lowest BCUT2D eigenvalue weighted by Crippen LogP contribution is -2.39. The first-order chi connectivity index (χ1) is 8.32. The lowest BCUT2D eigenvalue weighted by molar-refractivity contribution is 0.192. The van der Waals surface area contributed by atoms with Crippen molar-refractivity contribution in [2.45, 2.75) is 65.0 Å². The molecule has 1 saturated carbocycles. The Hall–Kier alpha value is -0.540. The van der Waals surface area contributed by atoms with Crippen LogP contribution in [0.2, 0.25) is 5.02 Å². The zero-order valence-electron chi connectivity index (χ0n) is 11.8. The van der Waals surface area contributed by atoms with Crippen LogP contribution in [0.25, 0.3) is 0 Å². The van der Waals surface area contributed by atoms with Gasteiger partial charge in [0.05, 0.1) is 16.9 Å². The number of hydrogen-bond acceptors (Lipinski definition) is 2. The molecule has 1 aromatic rings. The summed E-state index contributed by atoms with van der Waals surface area (Å²) in [6.45, 7) is 8.89. The van der Waals surface area contributed by atoms with Gasteiger partial charge in [0.15, 0.2) is 0 Å². The number of nitrogens with zero attached hydrogens (tertiary/aromatic N) is 2. The molecule has 2 N–H and O–H groups in total. The molecule has 1 heterocycles. The van der Waals surface area contributed by atoms with E-state index < -0.39 is 0 Å². The first kappa shape index (κ1) is 13.9. The largest absolute Gasteiger partial charge is 0.327 e. The van der Waals surface area contributed by atoms with Crippen LogP contribution in [0.4, 0.5) is 0 Å². The summed E-state index contributed by atoms with van der Waals surface area (Å²) in [5.74, 6) is 0.325. The molecule has 1 aliphatic rings. The molecule has 0 aromatic carbocycles. The topological polar surface area (TPSA) is 43.8 Å². The Morgan fingerprint density at radius 3 is 2.78 bits per heavy atom. The summed E-state index contributed by atoms with van der Waals surface area (Å²) in [5, 5.41) is 5.17. The number of halogens is 1. The standard InChI is InChI=1S/C14H24ClN3/c1-9(2)18-13(11(15)8-17-18)10-7-14(3,4)6-5-12(10)16/h8-10,12H,5-7,16H2,1-4H3. The summed E-state index contributed by atoms with van der Waals surface area (Å²) in [4.78, 5) is 0. The number of rotatable bonds is 2. The fourth-order valence-corrected chi connectivity index (χ4v) is 3.29. The van der Waals surface area contributed by atoms with Crippen molar-refractivity contribution >= 4 is 11.6 Å². The van der Waals surface area contributed by atoms with Gasteiger partial charge in [-0.2, -0.15) is 5.10 Å². The van der Waals surface area contributed by atoms with Crippen LogP contribution in [0.5, 0.6) is 0 Å². The Bertz CT molecular complexity index is 423. The predicted molar refractivity (Wildman–Crippen MR) is 76.0 cm³/mol. The van der Waals surface area contributed by atoms with Gasteiger partial charge in [0.1, 0.15) is 0 Å². The first-order valence-electron chi connectivity index (χ1n) is 6.80. The molecule has 0 aliphatic heterocycles. The van der Waals surface area contributed by atoms with E-state index in [0.717, 1.165) is 23.6 Å². The molecule has 102 valence electrons. The fraction of sp³-hybridized carbons (Fsp3) is 0.786. The molecular formula is C14H24ClN3. The van der Waals surface area contributed by atoms with Crippen molar-refractivity contribution in [3.05, 3.63) is 16.9 Å². The first-order valence-corrected chi connectivity index (χ1v) is 7.18. The second-order valence-electron chi connectivity index (χ2n) is 6.59. The van der Waals surface area contributed by atoms with Crippen LogP contribution in [-0.4, -0.2) is 15.8 Å². The molecule has 0 bridgehead atoms. The maximum Gasteiger partial charge on any atom is 0.0821 e. The molecule has 2 atom stereocenters. The van der Waals surface area contributed by atoms with E-state index in [1.807, 2.05) is 4.68 Å². The van der Waals surface area contributed by atoms with Crippen molar-refractivity contribution in [2.24, 2.45) is 11.1 Å². The Morgan fingerprint density at radius 1 is 1.50 bits per heavy atom. The van der Waals surface area contributed by atoms with Crippen LogP contribution in [0, 0.1) is 5.41 Å². The van der Waals surface area contributed by atoms with Gasteiger partial charge in [-0.15, -0.1) is 0 Å². The second kappa shape index (κ2) is 4.86. The van der Waals surface area contributed by atoms with Crippen LogP contribution < -0.4 is 5.73 Å². The molecule has 1 aliphatic carbocycles. The van der Waals surface area contributed by atoms with E-state index in [1.165, 1.54) is 6.42 Å². The lowest BCUT2D eigenvalue weighted by atomic mass is 9.69. The van der Waals surface area contributed by atoms with Gasteiger partial charge < -0.3 is 5.73 Å². The predicted octanol–water partition coefficient (Wildman–Crippen LogP) is 3.74. The van der Waals surface area contributed by atoms with Gasteiger partial charge in [-0.25, -0.2) is 0 Å². The molecule has 2 unspecified atom stereocenters.